The number of hydrogen-bond donors (Lipinski definition) is 4. The Labute approximate surface area is 253 Å². The summed E-state index contributed by atoms with van der Waals surface area (Å²) in [6.07, 6.45) is -3.34. The number of piperidine rings is 1. The predicted molar refractivity (Wildman–Crippen MR) is 149 cm³/mol. The van der Waals surface area contributed by atoms with E-state index in [1.54, 1.807) is 23.9 Å². The Hall–Kier alpha value is -5.45. The van der Waals surface area contributed by atoms with E-state index in [9.17, 15) is 32.3 Å². The van der Waals surface area contributed by atoms with E-state index in [-0.39, 0.29) is 30.2 Å². The molecule has 3 heterocycles. The average Bonchev–Trinajstić information content (AvgIpc) is 3.56. The van der Waals surface area contributed by atoms with E-state index in [0.717, 1.165) is 16.7 Å². The lowest BCUT2D eigenvalue weighted by Gasteiger charge is -2.29. The molecule has 1 saturated heterocycles. The molecule has 236 valence electrons. The molecule has 5 rings (SSSR count). The molecule has 4 amide bonds. The van der Waals surface area contributed by atoms with Gasteiger partial charge in [0.2, 0.25) is 17.7 Å². The Morgan fingerprint density at radius 1 is 1.18 bits per heavy atom. The molecule has 4 N–H and O–H groups in total. The van der Waals surface area contributed by atoms with Crippen molar-refractivity contribution >= 4 is 35.3 Å². The number of rotatable bonds is 8. The van der Waals surface area contributed by atoms with Gasteiger partial charge in [-0.15, -0.1) is 5.10 Å². The molecule has 2 unspecified atom stereocenters. The number of carboxylic acid groups (broad SMARTS) is 1. The highest BCUT2D eigenvalue weighted by molar-refractivity contribution is 6.05. The van der Waals surface area contributed by atoms with Crippen molar-refractivity contribution in [2.45, 2.75) is 44.2 Å². The second-order valence-corrected chi connectivity index (χ2v) is 9.98. The molecule has 2 aliphatic rings. The quantitative estimate of drug-likeness (QED) is 0.211. The van der Waals surface area contributed by atoms with Crippen LogP contribution in [0.4, 0.5) is 18.9 Å². The lowest BCUT2D eigenvalue weighted by molar-refractivity contribution is -0.192. The van der Waals surface area contributed by atoms with Crippen molar-refractivity contribution in [1.82, 2.24) is 35.7 Å². The molecule has 0 aliphatic carbocycles. The number of aromatic nitrogens is 4. The van der Waals surface area contributed by atoms with Gasteiger partial charge in [0.25, 0.3) is 5.91 Å². The van der Waals surface area contributed by atoms with Crippen LogP contribution in [-0.2, 0) is 39.3 Å². The first kappa shape index (κ1) is 32.5. The monoisotopic (exact) mass is 628 g/mol. The second-order valence-electron chi connectivity index (χ2n) is 9.98. The van der Waals surface area contributed by atoms with Gasteiger partial charge in [-0.2, -0.15) is 13.2 Å². The maximum Gasteiger partial charge on any atom is 0.490 e. The third-order valence-electron chi connectivity index (χ3n) is 6.95. The molecule has 17 heteroatoms. The minimum Gasteiger partial charge on any atom is -0.475 e. The van der Waals surface area contributed by atoms with Crippen molar-refractivity contribution in [3.05, 3.63) is 83.2 Å². The SMILES string of the molecule is C=CC(=O)Nc1ccc(C(NCc2ccc3c(c2)C(=O)N(C2CCC(=O)NC2=O)C3)c2nnnn2C)cc1.O=C(O)C(F)(F)F. The smallest absolute Gasteiger partial charge is 0.475 e. The minimum atomic E-state index is -5.08. The van der Waals surface area contributed by atoms with Crippen LogP contribution >= 0.6 is 0 Å². The number of nitrogens with one attached hydrogen (secondary N) is 3. The molecule has 0 saturated carbocycles. The predicted octanol–water partition coefficient (Wildman–Crippen LogP) is 1.61. The summed E-state index contributed by atoms with van der Waals surface area (Å²) in [6.45, 7) is 4.20. The standard InChI is InChI=1S/C26H26N8O4.C2HF3O2/c1-3-21(35)28-18-8-6-16(7-9-18)23(24-30-31-32-33(24)2)27-13-15-4-5-17-14-34(26(38)19(17)12-15)20-10-11-22(36)29-25(20)37;3-2(4,5)1(6)7/h3-9,12,20,23,27H,1,10-11,13-14H2,2H3,(H,28,35)(H,29,36,37);(H,6,7). The van der Waals surface area contributed by atoms with E-state index in [2.05, 4.69) is 38.1 Å². The van der Waals surface area contributed by atoms with Gasteiger partial charge >= 0.3 is 12.1 Å². The molecule has 1 fully saturated rings. The normalized spacial score (nSPS) is 16.7. The van der Waals surface area contributed by atoms with E-state index in [0.29, 0.717) is 36.6 Å². The van der Waals surface area contributed by atoms with Crippen LogP contribution in [0.1, 0.15) is 51.8 Å². The van der Waals surface area contributed by atoms with Gasteiger partial charge in [0.15, 0.2) is 5.82 Å². The highest BCUT2D eigenvalue weighted by atomic mass is 19.4. The average molecular weight is 629 g/mol. The van der Waals surface area contributed by atoms with E-state index in [1.807, 2.05) is 30.3 Å². The number of carbonyl (C=O) groups is 5. The highest BCUT2D eigenvalue weighted by Gasteiger charge is 2.39. The van der Waals surface area contributed by atoms with Gasteiger partial charge in [0.05, 0.1) is 6.04 Å². The maximum atomic E-state index is 13.2. The summed E-state index contributed by atoms with van der Waals surface area (Å²) in [5.41, 5.74) is 3.77. The number of carbonyl (C=O) groups excluding carboxylic acids is 4. The number of alkyl halides is 3. The third kappa shape index (κ3) is 7.74. The number of tetrazole rings is 1. The van der Waals surface area contributed by atoms with E-state index < -0.39 is 24.1 Å². The molecule has 14 nitrogen and oxygen atoms in total. The molecule has 3 aromatic rings. The Morgan fingerprint density at radius 2 is 1.87 bits per heavy atom. The zero-order valence-electron chi connectivity index (χ0n) is 23.7. The number of halogens is 3. The van der Waals surface area contributed by atoms with Crippen molar-refractivity contribution in [1.29, 1.82) is 0 Å². The Balaban J connectivity index is 0.000000591. The van der Waals surface area contributed by atoms with Crippen LogP contribution in [0.25, 0.3) is 0 Å². The number of nitrogens with zero attached hydrogens (tertiary/aromatic N) is 5. The highest BCUT2D eigenvalue weighted by Crippen LogP contribution is 2.29. The summed E-state index contributed by atoms with van der Waals surface area (Å²) < 4.78 is 33.3. The number of hydrogen-bond acceptors (Lipinski definition) is 9. The number of fused-ring (bicyclic) bond motifs is 1. The lowest BCUT2D eigenvalue weighted by atomic mass is 10.0. The van der Waals surface area contributed by atoms with Crippen molar-refractivity contribution in [3.63, 3.8) is 0 Å². The zero-order chi connectivity index (χ0) is 32.9. The first-order valence-electron chi connectivity index (χ1n) is 13.3. The van der Waals surface area contributed by atoms with Crippen molar-refractivity contribution in [2.75, 3.05) is 5.32 Å². The fraction of sp³-hybridized carbons (Fsp3) is 0.286. The van der Waals surface area contributed by atoms with Gasteiger partial charge in [0, 0.05) is 37.8 Å². The number of aryl methyl sites for hydroxylation is 1. The Kier molecular flexibility index (Phi) is 9.71. The van der Waals surface area contributed by atoms with Gasteiger partial charge in [-0.3, -0.25) is 29.8 Å². The van der Waals surface area contributed by atoms with Crippen LogP contribution in [0.5, 0.6) is 0 Å². The van der Waals surface area contributed by atoms with Crippen molar-refractivity contribution < 1.29 is 42.3 Å². The Bertz CT molecular complexity index is 1640. The number of amides is 4. The third-order valence-corrected chi connectivity index (χ3v) is 6.95. The van der Waals surface area contributed by atoms with Gasteiger partial charge < -0.3 is 15.3 Å². The summed E-state index contributed by atoms with van der Waals surface area (Å²) in [5.74, 6) is -3.43. The fourth-order valence-corrected chi connectivity index (χ4v) is 4.72. The minimum absolute atomic E-state index is 0.214. The maximum absolute atomic E-state index is 13.2. The summed E-state index contributed by atoms with van der Waals surface area (Å²) in [4.78, 5) is 59.0. The van der Waals surface area contributed by atoms with Gasteiger partial charge in [-0.05, 0) is 57.8 Å². The molecule has 2 aromatic carbocycles. The molecule has 0 bridgehead atoms. The molecule has 0 spiro atoms. The largest absolute Gasteiger partial charge is 0.490 e. The number of carboxylic acids is 1. The van der Waals surface area contributed by atoms with Crippen LogP contribution in [-0.4, -0.2) is 72.0 Å². The van der Waals surface area contributed by atoms with Crippen LogP contribution in [0, 0.1) is 0 Å². The van der Waals surface area contributed by atoms with Crippen molar-refractivity contribution in [2.24, 2.45) is 7.05 Å². The molecular formula is C28H27F3N8O6. The lowest BCUT2D eigenvalue weighted by Crippen LogP contribution is -2.52. The summed E-state index contributed by atoms with van der Waals surface area (Å²) in [5, 5.41) is 27.5. The van der Waals surface area contributed by atoms with Crippen molar-refractivity contribution in [3.8, 4) is 0 Å². The van der Waals surface area contributed by atoms with E-state index >= 15 is 0 Å². The molecule has 2 atom stereocenters. The van der Waals surface area contributed by atoms with Crippen LogP contribution in [0.2, 0.25) is 0 Å². The van der Waals surface area contributed by atoms with Crippen LogP contribution in [0.3, 0.4) is 0 Å². The molecular weight excluding hydrogens is 601 g/mol. The number of anilines is 1. The molecule has 0 radical (unpaired) electrons. The fourth-order valence-electron chi connectivity index (χ4n) is 4.72. The van der Waals surface area contributed by atoms with Crippen LogP contribution < -0.4 is 16.0 Å². The number of imide groups is 1. The Morgan fingerprint density at radius 3 is 2.44 bits per heavy atom. The summed E-state index contributed by atoms with van der Waals surface area (Å²) in [6, 6.07) is 11.9. The van der Waals surface area contributed by atoms with E-state index in [1.165, 1.54) is 11.0 Å². The summed E-state index contributed by atoms with van der Waals surface area (Å²) in [7, 11) is 1.75. The zero-order valence-corrected chi connectivity index (χ0v) is 23.7. The summed E-state index contributed by atoms with van der Waals surface area (Å²) >= 11 is 0. The van der Waals surface area contributed by atoms with Gasteiger partial charge in [-0.1, -0.05) is 30.8 Å². The van der Waals surface area contributed by atoms with Gasteiger partial charge in [0.1, 0.15) is 6.04 Å². The van der Waals surface area contributed by atoms with Gasteiger partial charge in [-0.25, -0.2) is 9.48 Å². The molecule has 45 heavy (non-hydrogen) atoms. The molecule has 1 aromatic heterocycles. The van der Waals surface area contributed by atoms with Crippen LogP contribution in [0.15, 0.2) is 55.1 Å². The number of benzene rings is 2. The topological polar surface area (TPSA) is 189 Å². The molecule has 2 aliphatic heterocycles. The first-order valence-corrected chi connectivity index (χ1v) is 13.3. The number of aliphatic carboxylic acids is 1. The second kappa shape index (κ2) is 13.5. The van der Waals surface area contributed by atoms with E-state index in [4.69, 9.17) is 9.90 Å². The first-order chi connectivity index (χ1) is 21.3.